The van der Waals surface area contributed by atoms with Crippen LogP contribution in [0.3, 0.4) is 0 Å². The van der Waals surface area contributed by atoms with Gasteiger partial charge in [0.05, 0.1) is 13.2 Å². The number of anilines is 3. The average molecular weight is 451 g/mol. The van der Waals surface area contributed by atoms with Gasteiger partial charge >= 0.3 is 0 Å². The number of aryl methyl sites for hydroxylation is 1. The molecule has 0 saturated carbocycles. The van der Waals surface area contributed by atoms with Crippen LogP contribution in [0.5, 0.6) is 0 Å². The van der Waals surface area contributed by atoms with E-state index in [9.17, 15) is 19.8 Å². The maximum absolute atomic E-state index is 13.1. The van der Waals surface area contributed by atoms with E-state index in [1.807, 2.05) is 12.1 Å². The Kier molecular flexibility index (Phi) is 5.49. The number of rotatable bonds is 4. The first-order chi connectivity index (χ1) is 15.9. The SMILES string of the molecule is NC1=NCc2cc(NC(=O)[C@H](O)[C@H]3OCCN(c4ccc5c(c4)CCC(O)N5)C3=O)ccc21. The maximum atomic E-state index is 13.1. The van der Waals surface area contributed by atoms with Crippen molar-refractivity contribution in [2.45, 2.75) is 37.8 Å². The monoisotopic (exact) mass is 451 g/mol. The molecule has 1 saturated heterocycles. The molecule has 10 nitrogen and oxygen atoms in total. The molecule has 5 rings (SSSR count). The zero-order valence-corrected chi connectivity index (χ0v) is 17.8. The van der Waals surface area contributed by atoms with Crippen molar-refractivity contribution in [2.75, 3.05) is 28.7 Å². The second-order valence-electron chi connectivity index (χ2n) is 8.33. The third kappa shape index (κ3) is 4.04. The lowest BCUT2D eigenvalue weighted by Gasteiger charge is -2.35. The number of amides is 2. The standard InChI is InChI=1S/C23H25N5O5/c24-21-16-4-2-14(9-13(16)11-25-21)26-22(31)19(30)20-23(32)28(7-8-33-20)15-3-5-17-12(10-15)1-6-18(29)27-17/h2-5,9-10,18-20,27,29-30H,1,6-8,11H2,(H2,24,25)(H,26,31)/t18?,19-,20-/m1/s1. The Morgan fingerprint density at radius 3 is 2.97 bits per heavy atom. The summed E-state index contributed by atoms with van der Waals surface area (Å²) in [5.41, 5.74) is 10.5. The lowest BCUT2D eigenvalue weighted by Crippen LogP contribution is -2.55. The highest BCUT2D eigenvalue weighted by molar-refractivity contribution is 6.05. The number of amidine groups is 1. The first-order valence-corrected chi connectivity index (χ1v) is 10.8. The van der Waals surface area contributed by atoms with Gasteiger partial charge in [-0.2, -0.15) is 0 Å². The molecule has 33 heavy (non-hydrogen) atoms. The van der Waals surface area contributed by atoms with E-state index in [1.54, 1.807) is 24.3 Å². The molecule has 0 radical (unpaired) electrons. The second-order valence-corrected chi connectivity index (χ2v) is 8.33. The minimum absolute atomic E-state index is 0.185. The molecule has 1 fully saturated rings. The molecule has 0 spiro atoms. The van der Waals surface area contributed by atoms with Gasteiger partial charge in [0.25, 0.3) is 11.8 Å². The number of hydrogen-bond acceptors (Lipinski definition) is 8. The fraction of sp³-hybridized carbons (Fsp3) is 0.348. The summed E-state index contributed by atoms with van der Waals surface area (Å²) in [5, 5.41) is 26.0. The zero-order valence-electron chi connectivity index (χ0n) is 17.8. The molecule has 0 aliphatic carbocycles. The molecule has 172 valence electrons. The number of hydrogen-bond donors (Lipinski definition) is 5. The molecule has 2 aromatic rings. The summed E-state index contributed by atoms with van der Waals surface area (Å²) in [6.45, 7) is 0.927. The van der Waals surface area contributed by atoms with Crippen molar-refractivity contribution in [2.24, 2.45) is 10.7 Å². The van der Waals surface area contributed by atoms with Gasteiger partial charge in [-0.15, -0.1) is 0 Å². The van der Waals surface area contributed by atoms with Gasteiger partial charge in [0.15, 0.2) is 12.2 Å². The van der Waals surface area contributed by atoms with Crippen LogP contribution in [0.1, 0.15) is 23.1 Å². The number of nitrogens with two attached hydrogens (primary N) is 1. The topological polar surface area (TPSA) is 150 Å². The highest BCUT2D eigenvalue weighted by Crippen LogP contribution is 2.30. The van der Waals surface area contributed by atoms with Gasteiger partial charge in [0.1, 0.15) is 12.1 Å². The number of nitrogens with one attached hydrogen (secondary N) is 2. The molecule has 3 atom stereocenters. The molecule has 3 heterocycles. The number of aliphatic hydroxyl groups excluding tert-OH is 2. The van der Waals surface area contributed by atoms with Gasteiger partial charge < -0.3 is 36.2 Å². The van der Waals surface area contributed by atoms with E-state index in [2.05, 4.69) is 15.6 Å². The minimum Gasteiger partial charge on any atom is -0.383 e. The van der Waals surface area contributed by atoms with Crippen molar-refractivity contribution in [1.29, 1.82) is 0 Å². The summed E-state index contributed by atoms with van der Waals surface area (Å²) >= 11 is 0. The Labute approximate surface area is 190 Å². The number of fused-ring (bicyclic) bond motifs is 2. The van der Waals surface area contributed by atoms with Crippen LogP contribution >= 0.6 is 0 Å². The molecule has 3 aliphatic heterocycles. The van der Waals surface area contributed by atoms with Crippen LogP contribution in [0.25, 0.3) is 0 Å². The molecule has 2 amide bonds. The molecular formula is C23H25N5O5. The molecule has 1 unspecified atom stereocenters. The van der Waals surface area contributed by atoms with E-state index >= 15 is 0 Å². The third-order valence-electron chi connectivity index (χ3n) is 6.16. The normalized spacial score (nSPS) is 22.7. The highest BCUT2D eigenvalue weighted by Gasteiger charge is 2.39. The van der Waals surface area contributed by atoms with E-state index in [0.29, 0.717) is 43.1 Å². The predicted molar refractivity (Wildman–Crippen MR) is 122 cm³/mol. The molecule has 10 heteroatoms. The van der Waals surface area contributed by atoms with Crippen LogP contribution in [-0.4, -0.2) is 59.5 Å². The van der Waals surface area contributed by atoms with Crippen molar-refractivity contribution in [3.63, 3.8) is 0 Å². The van der Waals surface area contributed by atoms with Crippen LogP contribution in [-0.2, 0) is 27.3 Å². The number of aliphatic hydroxyl groups is 2. The molecule has 6 N–H and O–H groups in total. The van der Waals surface area contributed by atoms with Gasteiger partial charge in [0, 0.05) is 29.2 Å². The highest BCUT2D eigenvalue weighted by atomic mass is 16.5. The van der Waals surface area contributed by atoms with E-state index < -0.39 is 30.3 Å². The lowest BCUT2D eigenvalue weighted by atomic mass is 10.0. The molecule has 0 aromatic heterocycles. The summed E-state index contributed by atoms with van der Waals surface area (Å²) in [6, 6.07) is 10.7. The van der Waals surface area contributed by atoms with Crippen molar-refractivity contribution in [3.8, 4) is 0 Å². The number of aliphatic imine (C=N–C) groups is 1. The summed E-state index contributed by atoms with van der Waals surface area (Å²) in [5.74, 6) is -0.758. The summed E-state index contributed by atoms with van der Waals surface area (Å²) in [4.78, 5) is 31.5. The van der Waals surface area contributed by atoms with Crippen molar-refractivity contribution >= 4 is 34.7 Å². The molecule has 0 bridgehead atoms. The van der Waals surface area contributed by atoms with Crippen LogP contribution in [0.15, 0.2) is 41.4 Å². The van der Waals surface area contributed by atoms with Gasteiger partial charge in [-0.1, -0.05) is 0 Å². The van der Waals surface area contributed by atoms with Gasteiger partial charge in [0.2, 0.25) is 0 Å². The van der Waals surface area contributed by atoms with E-state index in [-0.39, 0.29) is 6.61 Å². The zero-order chi connectivity index (χ0) is 23.1. The summed E-state index contributed by atoms with van der Waals surface area (Å²) in [7, 11) is 0. The smallest absolute Gasteiger partial charge is 0.259 e. The molecule has 3 aliphatic rings. The van der Waals surface area contributed by atoms with Crippen LogP contribution < -0.4 is 21.3 Å². The number of morpholine rings is 1. The van der Waals surface area contributed by atoms with Crippen LogP contribution in [0.2, 0.25) is 0 Å². The fourth-order valence-electron chi connectivity index (χ4n) is 4.39. The maximum Gasteiger partial charge on any atom is 0.259 e. The average Bonchev–Trinajstić information content (AvgIpc) is 3.18. The van der Waals surface area contributed by atoms with Gasteiger partial charge in [-0.05, 0) is 60.4 Å². The quantitative estimate of drug-likeness (QED) is 0.449. The number of ether oxygens (including phenoxy) is 1. The Bertz CT molecular complexity index is 1150. The Balaban J connectivity index is 1.28. The van der Waals surface area contributed by atoms with Gasteiger partial charge in [-0.25, -0.2) is 0 Å². The Morgan fingerprint density at radius 2 is 2.12 bits per heavy atom. The van der Waals surface area contributed by atoms with E-state index in [0.717, 1.165) is 22.4 Å². The largest absolute Gasteiger partial charge is 0.383 e. The van der Waals surface area contributed by atoms with Crippen LogP contribution in [0, 0.1) is 0 Å². The summed E-state index contributed by atoms with van der Waals surface area (Å²) in [6.07, 6.45) is -2.31. The second kappa shape index (κ2) is 8.47. The third-order valence-corrected chi connectivity index (χ3v) is 6.16. The van der Waals surface area contributed by atoms with Crippen molar-refractivity contribution < 1.29 is 24.5 Å². The minimum atomic E-state index is -1.68. The first-order valence-electron chi connectivity index (χ1n) is 10.8. The van der Waals surface area contributed by atoms with Crippen LogP contribution in [0.4, 0.5) is 17.1 Å². The van der Waals surface area contributed by atoms with E-state index in [4.69, 9.17) is 10.5 Å². The molecular weight excluding hydrogens is 426 g/mol. The predicted octanol–water partition coefficient (Wildman–Crippen LogP) is 0.313. The van der Waals surface area contributed by atoms with E-state index in [1.165, 1.54) is 4.90 Å². The Hall–Kier alpha value is -3.47. The number of carbonyl (C=O) groups excluding carboxylic acids is 2. The Morgan fingerprint density at radius 1 is 1.27 bits per heavy atom. The van der Waals surface area contributed by atoms with Crippen molar-refractivity contribution in [3.05, 3.63) is 53.1 Å². The number of benzene rings is 2. The van der Waals surface area contributed by atoms with Crippen molar-refractivity contribution in [1.82, 2.24) is 0 Å². The number of nitrogens with zero attached hydrogens (tertiary/aromatic N) is 2. The lowest BCUT2D eigenvalue weighted by molar-refractivity contribution is -0.150. The molecule has 2 aromatic carbocycles. The summed E-state index contributed by atoms with van der Waals surface area (Å²) < 4.78 is 5.50. The van der Waals surface area contributed by atoms with Gasteiger partial charge in [-0.3, -0.25) is 14.6 Å². The first kappa shape index (κ1) is 21.4. The number of carbonyl (C=O) groups is 2. The fourth-order valence-corrected chi connectivity index (χ4v) is 4.39.